The predicted molar refractivity (Wildman–Crippen MR) is 133 cm³/mol. The molecule has 7 heteroatoms. The van der Waals surface area contributed by atoms with Gasteiger partial charge in [-0.2, -0.15) is 0 Å². The number of anilines is 2. The molecule has 0 heterocycles. The maximum Gasteiger partial charge on any atom is 0.340 e. The Bertz CT molecular complexity index is 1130. The van der Waals surface area contributed by atoms with E-state index in [4.69, 9.17) is 4.74 Å². The van der Waals surface area contributed by atoms with Crippen LogP contribution in [-0.4, -0.2) is 24.4 Å². The van der Waals surface area contributed by atoms with E-state index in [0.29, 0.717) is 16.9 Å². The fourth-order valence-corrected chi connectivity index (χ4v) is 3.59. The van der Waals surface area contributed by atoms with Crippen LogP contribution in [0.3, 0.4) is 0 Å². The second kappa shape index (κ2) is 10.9. The van der Waals surface area contributed by atoms with Crippen molar-refractivity contribution < 1.29 is 19.1 Å². The van der Waals surface area contributed by atoms with Crippen LogP contribution in [0.15, 0.2) is 72.8 Å². The Morgan fingerprint density at radius 2 is 1.56 bits per heavy atom. The fourth-order valence-electron chi connectivity index (χ4n) is 3.07. The van der Waals surface area contributed by atoms with Crippen molar-refractivity contribution in [1.29, 1.82) is 0 Å². The van der Waals surface area contributed by atoms with Gasteiger partial charge < -0.3 is 15.4 Å². The van der Waals surface area contributed by atoms with Crippen LogP contribution >= 0.6 is 22.6 Å². The SMILES string of the molecule is CC(C)c1cc(I)ccc1NC(=O)COC(=O)c1ccccc1NC(=O)c1ccccc1. The second-order valence-electron chi connectivity index (χ2n) is 7.38. The van der Waals surface area contributed by atoms with Crippen LogP contribution in [0.2, 0.25) is 0 Å². The number of halogens is 1. The summed E-state index contributed by atoms with van der Waals surface area (Å²) >= 11 is 2.22. The second-order valence-corrected chi connectivity index (χ2v) is 8.62. The molecule has 0 radical (unpaired) electrons. The summed E-state index contributed by atoms with van der Waals surface area (Å²) in [4.78, 5) is 37.4. The van der Waals surface area contributed by atoms with E-state index < -0.39 is 18.5 Å². The number of hydrogen-bond donors (Lipinski definition) is 2. The molecule has 0 saturated carbocycles. The molecule has 0 aliphatic carbocycles. The lowest BCUT2D eigenvalue weighted by atomic mass is 10.0. The molecular formula is C25H23IN2O4. The molecule has 0 saturated heterocycles. The Morgan fingerprint density at radius 1 is 0.875 bits per heavy atom. The van der Waals surface area contributed by atoms with E-state index in [2.05, 4.69) is 33.2 Å². The largest absolute Gasteiger partial charge is 0.452 e. The van der Waals surface area contributed by atoms with E-state index in [9.17, 15) is 14.4 Å². The minimum Gasteiger partial charge on any atom is -0.452 e. The Kier molecular flexibility index (Phi) is 7.99. The first-order valence-electron chi connectivity index (χ1n) is 10.1. The van der Waals surface area contributed by atoms with Crippen LogP contribution in [0.4, 0.5) is 11.4 Å². The third-order valence-electron chi connectivity index (χ3n) is 4.68. The molecule has 3 aromatic rings. The molecule has 164 valence electrons. The number of esters is 1. The van der Waals surface area contributed by atoms with Crippen molar-refractivity contribution in [1.82, 2.24) is 0 Å². The van der Waals surface area contributed by atoms with Crippen LogP contribution in [0.5, 0.6) is 0 Å². The molecule has 2 amide bonds. The lowest BCUT2D eigenvalue weighted by molar-refractivity contribution is -0.119. The predicted octanol–water partition coefficient (Wildman–Crippen LogP) is 5.46. The van der Waals surface area contributed by atoms with Crippen LogP contribution in [0.1, 0.15) is 46.0 Å². The molecule has 0 fully saturated rings. The number of carbonyl (C=O) groups is 3. The van der Waals surface area contributed by atoms with Gasteiger partial charge in [0.1, 0.15) is 0 Å². The Balaban J connectivity index is 1.64. The highest BCUT2D eigenvalue weighted by atomic mass is 127. The topological polar surface area (TPSA) is 84.5 Å². The molecular weight excluding hydrogens is 519 g/mol. The molecule has 0 spiro atoms. The quantitative estimate of drug-likeness (QED) is 0.307. The normalized spacial score (nSPS) is 10.5. The Hall–Kier alpha value is -3.20. The molecule has 0 aliphatic heterocycles. The Morgan fingerprint density at radius 3 is 2.28 bits per heavy atom. The maximum absolute atomic E-state index is 12.6. The van der Waals surface area contributed by atoms with E-state index in [1.165, 1.54) is 6.07 Å². The number of rotatable bonds is 7. The molecule has 0 aliphatic rings. The van der Waals surface area contributed by atoms with Gasteiger partial charge >= 0.3 is 5.97 Å². The highest BCUT2D eigenvalue weighted by Gasteiger charge is 2.17. The molecule has 3 rings (SSSR count). The van der Waals surface area contributed by atoms with Crippen molar-refractivity contribution in [3.63, 3.8) is 0 Å². The zero-order valence-corrected chi connectivity index (χ0v) is 19.9. The number of nitrogens with one attached hydrogen (secondary N) is 2. The third-order valence-corrected chi connectivity index (χ3v) is 5.35. The van der Waals surface area contributed by atoms with E-state index in [0.717, 1.165) is 9.13 Å². The summed E-state index contributed by atoms with van der Waals surface area (Å²) in [6.45, 7) is 3.65. The molecule has 6 nitrogen and oxygen atoms in total. The van der Waals surface area contributed by atoms with Crippen molar-refractivity contribution in [2.75, 3.05) is 17.2 Å². The zero-order chi connectivity index (χ0) is 23.1. The lowest BCUT2D eigenvalue weighted by Gasteiger charge is -2.15. The maximum atomic E-state index is 12.6. The first-order chi connectivity index (χ1) is 15.3. The summed E-state index contributed by atoms with van der Waals surface area (Å²) in [5, 5.41) is 5.52. The van der Waals surface area contributed by atoms with Crippen molar-refractivity contribution in [2.45, 2.75) is 19.8 Å². The monoisotopic (exact) mass is 542 g/mol. The number of hydrogen-bond acceptors (Lipinski definition) is 4. The average Bonchev–Trinajstić information content (AvgIpc) is 2.79. The summed E-state index contributed by atoms with van der Waals surface area (Å²) in [5.74, 6) is -1.26. The van der Waals surface area contributed by atoms with Gasteiger partial charge in [0.15, 0.2) is 6.61 Å². The summed E-state index contributed by atoms with van der Waals surface area (Å²) in [7, 11) is 0. The zero-order valence-electron chi connectivity index (χ0n) is 17.7. The van der Waals surface area contributed by atoms with Gasteiger partial charge in [-0.1, -0.05) is 44.2 Å². The first-order valence-corrected chi connectivity index (χ1v) is 11.1. The number of benzene rings is 3. The third kappa shape index (κ3) is 6.16. The van der Waals surface area contributed by atoms with E-state index in [1.807, 2.05) is 38.1 Å². The highest BCUT2D eigenvalue weighted by Crippen LogP contribution is 2.26. The number of ether oxygens (including phenoxy) is 1. The summed E-state index contributed by atoms with van der Waals surface area (Å²) in [6.07, 6.45) is 0. The smallest absolute Gasteiger partial charge is 0.340 e. The molecule has 0 bridgehead atoms. The van der Waals surface area contributed by atoms with Crippen molar-refractivity contribution in [3.8, 4) is 0 Å². The van der Waals surface area contributed by atoms with Gasteiger partial charge in [0.25, 0.3) is 11.8 Å². The van der Waals surface area contributed by atoms with Crippen LogP contribution in [-0.2, 0) is 9.53 Å². The van der Waals surface area contributed by atoms with E-state index >= 15 is 0 Å². The molecule has 0 atom stereocenters. The molecule has 32 heavy (non-hydrogen) atoms. The van der Waals surface area contributed by atoms with Crippen molar-refractivity contribution >= 4 is 51.7 Å². The minimum absolute atomic E-state index is 0.168. The van der Waals surface area contributed by atoms with Gasteiger partial charge in [-0.05, 0) is 76.5 Å². The number of amides is 2. The summed E-state index contributed by atoms with van der Waals surface area (Å²) < 4.78 is 6.28. The first kappa shape index (κ1) is 23.5. The fraction of sp³-hybridized carbons (Fsp3) is 0.160. The van der Waals surface area contributed by atoms with Gasteiger partial charge in [-0.25, -0.2) is 4.79 Å². The molecule has 0 unspecified atom stereocenters. The van der Waals surface area contributed by atoms with Gasteiger partial charge in [-0.3, -0.25) is 9.59 Å². The molecule has 2 N–H and O–H groups in total. The molecule has 0 aromatic heterocycles. The summed E-state index contributed by atoms with van der Waals surface area (Å²) in [5.41, 5.74) is 2.64. The van der Waals surface area contributed by atoms with E-state index in [1.54, 1.807) is 42.5 Å². The van der Waals surface area contributed by atoms with Crippen molar-refractivity contribution in [2.24, 2.45) is 0 Å². The number of carbonyl (C=O) groups excluding carboxylic acids is 3. The van der Waals surface area contributed by atoms with Crippen LogP contribution in [0.25, 0.3) is 0 Å². The van der Waals surface area contributed by atoms with Gasteiger partial charge in [-0.15, -0.1) is 0 Å². The van der Waals surface area contributed by atoms with Crippen LogP contribution < -0.4 is 10.6 Å². The van der Waals surface area contributed by atoms with Crippen molar-refractivity contribution in [3.05, 3.63) is 93.1 Å². The van der Waals surface area contributed by atoms with E-state index in [-0.39, 0.29) is 17.4 Å². The molecule has 3 aromatic carbocycles. The van der Waals surface area contributed by atoms with Gasteiger partial charge in [0, 0.05) is 14.8 Å². The lowest BCUT2D eigenvalue weighted by Crippen LogP contribution is -2.22. The van der Waals surface area contributed by atoms with Gasteiger partial charge in [0.2, 0.25) is 0 Å². The van der Waals surface area contributed by atoms with Crippen LogP contribution in [0, 0.1) is 3.57 Å². The van der Waals surface area contributed by atoms with Gasteiger partial charge in [0.05, 0.1) is 11.3 Å². The minimum atomic E-state index is -0.698. The average molecular weight is 542 g/mol. The highest BCUT2D eigenvalue weighted by molar-refractivity contribution is 14.1. The number of para-hydroxylation sites is 1. The Labute approximate surface area is 200 Å². The summed E-state index contributed by atoms with van der Waals surface area (Å²) in [6, 6.07) is 20.9. The standard InChI is InChI=1S/C25H23IN2O4/c1-16(2)20-14-18(26)12-13-22(20)27-23(29)15-32-25(31)19-10-6-7-11-21(19)28-24(30)17-8-4-3-5-9-17/h3-14,16H,15H2,1-2H3,(H,27,29)(H,28,30).